The first-order chi connectivity index (χ1) is 8.56. The highest BCUT2D eigenvalue weighted by atomic mass is 16.6. The zero-order valence-corrected chi connectivity index (χ0v) is 9.38. The molecule has 1 aromatic carbocycles. The molecule has 2 rings (SSSR count). The number of rotatable bonds is 3. The van der Waals surface area contributed by atoms with Crippen molar-refractivity contribution >= 4 is 17.5 Å². The number of hydrogen-bond acceptors (Lipinski definition) is 5. The maximum absolute atomic E-state index is 11.8. The predicted octanol–water partition coefficient (Wildman–Crippen LogP) is 1.27. The van der Waals surface area contributed by atoms with E-state index in [1.54, 1.807) is 6.92 Å². The normalized spacial score (nSPS) is 10.1. The molecule has 0 bridgehead atoms. The van der Waals surface area contributed by atoms with E-state index < -0.39 is 10.8 Å². The Morgan fingerprint density at radius 1 is 1.50 bits per heavy atom. The molecule has 0 aliphatic rings. The van der Waals surface area contributed by atoms with Crippen LogP contribution in [0.2, 0.25) is 0 Å². The van der Waals surface area contributed by atoms with Gasteiger partial charge in [-0.3, -0.25) is 25.3 Å². The summed E-state index contributed by atoms with van der Waals surface area (Å²) in [5.74, 6) is 0.186. The molecule has 1 aromatic heterocycles. The van der Waals surface area contributed by atoms with Crippen LogP contribution < -0.4 is 5.32 Å². The quantitative estimate of drug-likeness (QED) is 0.626. The van der Waals surface area contributed by atoms with Gasteiger partial charge in [-0.15, -0.1) is 5.10 Å². The lowest BCUT2D eigenvalue weighted by Crippen LogP contribution is -2.13. The van der Waals surface area contributed by atoms with Gasteiger partial charge in [0.15, 0.2) is 0 Å². The van der Waals surface area contributed by atoms with Crippen molar-refractivity contribution in [3.63, 3.8) is 0 Å². The predicted molar refractivity (Wildman–Crippen MR) is 62.2 cm³/mol. The van der Waals surface area contributed by atoms with E-state index >= 15 is 0 Å². The molecule has 8 nitrogen and oxygen atoms in total. The van der Waals surface area contributed by atoms with Crippen molar-refractivity contribution in [2.24, 2.45) is 0 Å². The SMILES string of the molecule is Cc1nc(NC(=O)c2cccc([N+](=O)[O-])c2)n[nH]1. The second kappa shape index (κ2) is 4.62. The summed E-state index contributed by atoms with van der Waals surface area (Å²) in [6.45, 7) is 1.69. The second-order valence-electron chi connectivity index (χ2n) is 3.51. The van der Waals surface area contributed by atoms with Gasteiger partial charge >= 0.3 is 0 Å². The van der Waals surface area contributed by atoms with Gasteiger partial charge in [-0.25, -0.2) is 0 Å². The highest BCUT2D eigenvalue weighted by Gasteiger charge is 2.12. The van der Waals surface area contributed by atoms with E-state index in [1.807, 2.05) is 0 Å². The number of carbonyl (C=O) groups excluding carboxylic acids is 1. The smallest absolute Gasteiger partial charge is 0.270 e. The lowest BCUT2D eigenvalue weighted by molar-refractivity contribution is -0.384. The number of anilines is 1. The van der Waals surface area contributed by atoms with Crippen LogP contribution in [0.15, 0.2) is 24.3 Å². The Hall–Kier alpha value is -2.77. The summed E-state index contributed by atoms with van der Waals surface area (Å²) in [6.07, 6.45) is 0. The fourth-order valence-corrected chi connectivity index (χ4v) is 1.33. The standard InChI is InChI=1S/C10H9N5O3/c1-6-11-10(14-13-6)12-9(16)7-3-2-4-8(5-7)15(17)18/h2-5H,1H3,(H2,11,12,13,14,16). The van der Waals surface area contributed by atoms with Crippen LogP contribution in [-0.4, -0.2) is 26.0 Å². The Morgan fingerprint density at radius 2 is 2.28 bits per heavy atom. The highest BCUT2D eigenvalue weighted by molar-refractivity contribution is 6.03. The van der Waals surface area contributed by atoms with E-state index in [4.69, 9.17) is 0 Å². The van der Waals surface area contributed by atoms with E-state index in [1.165, 1.54) is 24.3 Å². The van der Waals surface area contributed by atoms with Gasteiger partial charge in [-0.05, 0) is 13.0 Å². The fraction of sp³-hybridized carbons (Fsp3) is 0.100. The van der Waals surface area contributed by atoms with Crippen LogP contribution >= 0.6 is 0 Å². The van der Waals surface area contributed by atoms with Gasteiger partial charge in [-0.1, -0.05) is 6.07 Å². The van der Waals surface area contributed by atoms with Crippen LogP contribution in [0.1, 0.15) is 16.2 Å². The first kappa shape index (κ1) is 11.7. The number of nitro benzene ring substituents is 1. The molecule has 18 heavy (non-hydrogen) atoms. The van der Waals surface area contributed by atoms with E-state index in [2.05, 4.69) is 20.5 Å². The number of non-ortho nitro benzene ring substituents is 1. The maximum atomic E-state index is 11.8. The summed E-state index contributed by atoms with van der Waals surface area (Å²) < 4.78 is 0. The third-order valence-corrected chi connectivity index (χ3v) is 2.14. The van der Waals surface area contributed by atoms with Gasteiger partial charge in [0.05, 0.1) is 4.92 Å². The molecule has 0 saturated heterocycles. The number of nitro groups is 1. The molecule has 92 valence electrons. The van der Waals surface area contributed by atoms with E-state index in [9.17, 15) is 14.9 Å². The summed E-state index contributed by atoms with van der Waals surface area (Å²) >= 11 is 0. The van der Waals surface area contributed by atoms with Crippen molar-refractivity contribution in [1.29, 1.82) is 0 Å². The van der Waals surface area contributed by atoms with E-state index in [-0.39, 0.29) is 17.2 Å². The Morgan fingerprint density at radius 3 is 2.89 bits per heavy atom. The largest absolute Gasteiger partial charge is 0.289 e. The van der Waals surface area contributed by atoms with Gasteiger partial charge in [-0.2, -0.15) is 4.98 Å². The highest BCUT2D eigenvalue weighted by Crippen LogP contribution is 2.13. The second-order valence-corrected chi connectivity index (χ2v) is 3.51. The minimum absolute atomic E-state index is 0.129. The van der Waals surface area contributed by atoms with Crippen LogP contribution in [-0.2, 0) is 0 Å². The van der Waals surface area contributed by atoms with Crippen LogP contribution in [0, 0.1) is 17.0 Å². The Labute approximate surface area is 101 Å². The molecule has 8 heteroatoms. The molecule has 0 saturated carbocycles. The summed E-state index contributed by atoms with van der Waals surface area (Å²) in [5, 5.41) is 19.3. The van der Waals surface area contributed by atoms with Gasteiger partial charge in [0, 0.05) is 17.7 Å². The number of H-pyrrole nitrogens is 1. The third kappa shape index (κ3) is 2.48. The fourth-order valence-electron chi connectivity index (χ4n) is 1.33. The Balaban J connectivity index is 2.18. The minimum atomic E-state index is -0.562. The average Bonchev–Trinajstić information content (AvgIpc) is 2.75. The van der Waals surface area contributed by atoms with Crippen molar-refractivity contribution in [1.82, 2.24) is 15.2 Å². The van der Waals surface area contributed by atoms with E-state index in [0.29, 0.717) is 5.82 Å². The zero-order valence-electron chi connectivity index (χ0n) is 9.38. The maximum Gasteiger partial charge on any atom is 0.270 e. The summed E-state index contributed by atoms with van der Waals surface area (Å²) in [7, 11) is 0. The molecule has 0 aliphatic heterocycles. The van der Waals surface area contributed by atoms with Crippen molar-refractivity contribution in [3.8, 4) is 0 Å². The molecule has 0 spiro atoms. The van der Waals surface area contributed by atoms with Gasteiger partial charge in [0.1, 0.15) is 5.82 Å². The molecule has 0 atom stereocenters. The Bertz CT molecular complexity index is 607. The molecule has 0 aliphatic carbocycles. The molecule has 2 N–H and O–H groups in total. The van der Waals surface area contributed by atoms with E-state index in [0.717, 1.165) is 0 Å². The number of nitrogens with zero attached hydrogens (tertiary/aromatic N) is 3. The lowest BCUT2D eigenvalue weighted by atomic mass is 10.2. The van der Waals surface area contributed by atoms with Gasteiger partial charge < -0.3 is 0 Å². The number of aromatic nitrogens is 3. The van der Waals surface area contributed by atoms with Crippen LogP contribution in [0.4, 0.5) is 11.6 Å². The number of aromatic amines is 1. The number of hydrogen-bond donors (Lipinski definition) is 2. The number of aryl methyl sites for hydroxylation is 1. The number of amides is 1. The van der Waals surface area contributed by atoms with Crippen molar-refractivity contribution in [2.45, 2.75) is 6.92 Å². The number of carbonyl (C=O) groups is 1. The number of nitrogens with one attached hydrogen (secondary N) is 2. The summed E-state index contributed by atoms with van der Waals surface area (Å²) in [6, 6.07) is 5.42. The third-order valence-electron chi connectivity index (χ3n) is 2.14. The summed E-state index contributed by atoms with van der Waals surface area (Å²) in [4.78, 5) is 25.7. The molecule has 0 radical (unpaired) electrons. The minimum Gasteiger partial charge on any atom is -0.289 e. The molecular formula is C10H9N5O3. The molecule has 1 amide bonds. The van der Waals surface area contributed by atoms with Gasteiger partial charge in [0.25, 0.3) is 11.6 Å². The topological polar surface area (TPSA) is 114 Å². The molecule has 2 aromatic rings. The first-order valence-electron chi connectivity index (χ1n) is 5.01. The zero-order chi connectivity index (χ0) is 13.1. The average molecular weight is 247 g/mol. The monoisotopic (exact) mass is 247 g/mol. The first-order valence-corrected chi connectivity index (χ1v) is 5.01. The molecule has 0 unspecified atom stereocenters. The summed E-state index contributed by atoms with van der Waals surface area (Å²) in [5.41, 5.74) is 0.0282. The van der Waals surface area contributed by atoms with Crippen LogP contribution in [0.3, 0.4) is 0 Å². The Kier molecular flexibility index (Phi) is 3.00. The van der Waals surface area contributed by atoms with Crippen molar-refractivity contribution in [3.05, 3.63) is 45.8 Å². The van der Waals surface area contributed by atoms with Crippen molar-refractivity contribution < 1.29 is 9.72 Å². The molecular weight excluding hydrogens is 238 g/mol. The molecule has 1 heterocycles. The van der Waals surface area contributed by atoms with Gasteiger partial charge in [0.2, 0.25) is 5.95 Å². The number of benzene rings is 1. The van der Waals surface area contributed by atoms with Crippen molar-refractivity contribution in [2.75, 3.05) is 5.32 Å². The van der Waals surface area contributed by atoms with Crippen LogP contribution in [0.25, 0.3) is 0 Å². The molecule has 0 fully saturated rings. The van der Waals surface area contributed by atoms with Crippen LogP contribution in [0.5, 0.6) is 0 Å². The lowest BCUT2D eigenvalue weighted by Gasteiger charge is -2.00.